The van der Waals surface area contributed by atoms with Gasteiger partial charge in [0.2, 0.25) is 0 Å². The predicted octanol–water partition coefficient (Wildman–Crippen LogP) is 3.25. The molecule has 2 unspecified atom stereocenters. The molecule has 0 spiro atoms. The lowest BCUT2D eigenvalue weighted by Gasteiger charge is -2.01. The van der Waals surface area contributed by atoms with E-state index >= 15 is 0 Å². The van der Waals surface area contributed by atoms with Gasteiger partial charge < -0.3 is 0 Å². The number of Topliss-reactive ketones (excluding diaryl/α,β-unsaturated/α-hetero) is 1. The van der Waals surface area contributed by atoms with E-state index in [0.29, 0.717) is 17.9 Å². The minimum Gasteiger partial charge on any atom is -0.299 e. The first-order valence-electron chi connectivity index (χ1n) is 5.04. The number of carbonyl (C=O) groups excluding carboxylic acids is 1. The zero-order valence-corrected chi connectivity index (χ0v) is 9.22. The molecule has 0 aromatic heterocycles. The molecule has 0 aliphatic heterocycles. The van der Waals surface area contributed by atoms with Crippen LogP contribution >= 0.6 is 11.6 Å². The third-order valence-corrected chi connectivity index (χ3v) is 3.19. The average Bonchev–Trinajstić information content (AvgIpc) is 2.89. The average molecular weight is 227 g/mol. The molecular formula is C12H12ClFO. The molecular weight excluding hydrogens is 215 g/mol. The quantitative estimate of drug-likeness (QED) is 0.773. The highest BCUT2D eigenvalue weighted by molar-refractivity contribution is 6.30. The molecule has 80 valence electrons. The van der Waals surface area contributed by atoms with Crippen molar-refractivity contribution in [3.63, 3.8) is 0 Å². The van der Waals surface area contributed by atoms with Gasteiger partial charge in [-0.25, -0.2) is 4.39 Å². The van der Waals surface area contributed by atoms with Crippen LogP contribution in [0.15, 0.2) is 18.2 Å². The number of halogens is 2. The van der Waals surface area contributed by atoms with Gasteiger partial charge in [0.1, 0.15) is 11.6 Å². The Morgan fingerprint density at radius 1 is 1.60 bits per heavy atom. The van der Waals surface area contributed by atoms with Crippen LogP contribution in [0.1, 0.15) is 18.9 Å². The van der Waals surface area contributed by atoms with Gasteiger partial charge in [-0.15, -0.1) is 0 Å². The first-order valence-corrected chi connectivity index (χ1v) is 5.42. The van der Waals surface area contributed by atoms with Crippen LogP contribution in [0.2, 0.25) is 5.02 Å². The van der Waals surface area contributed by atoms with Crippen LogP contribution in [0.4, 0.5) is 4.39 Å². The SMILES string of the molecule is CC1CC1C(=O)Cc1ccc(Cl)c(F)c1. The highest BCUT2D eigenvalue weighted by Gasteiger charge is 2.38. The minimum atomic E-state index is -0.453. The second kappa shape index (κ2) is 3.93. The summed E-state index contributed by atoms with van der Waals surface area (Å²) in [5.74, 6) is 0.466. The van der Waals surface area contributed by atoms with Crippen LogP contribution in [-0.2, 0) is 11.2 Å². The Labute approximate surface area is 93.2 Å². The highest BCUT2D eigenvalue weighted by Crippen LogP contribution is 2.39. The van der Waals surface area contributed by atoms with Crippen molar-refractivity contribution in [2.75, 3.05) is 0 Å². The lowest BCUT2D eigenvalue weighted by Crippen LogP contribution is -2.06. The molecule has 2 rings (SSSR count). The fourth-order valence-corrected chi connectivity index (χ4v) is 1.87. The summed E-state index contributed by atoms with van der Waals surface area (Å²) in [6.45, 7) is 2.06. The highest BCUT2D eigenvalue weighted by atomic mass is 35.5. The molecule has 15 heavy (non-hydrogen) atoms. The van der Waals surface area contributed by atoms with Gasteiger partial charge in [-0.1, -0.05) is 24.6 Å². The number of benzene rings is 1. The second-order valence-electron chi connectivity index (χ2n) is 4.21. The van der Waals surface area contributed by atoms with E-state index in [4.69, 9.17) is 11.6 Å². The molecule has 1 aromatic carbocycles. The molecule has 0 heterocycles. The van der Waals surface area contributed by atoms with Crippen molar-refractivity contribution in [1.29, 1.82) is 0 Å². The van der Waals surface area contributed by atoms with Gasteiger partial charge in [-0.2, -0.15) is 0 Å². The molecule has 1 aromatic rings. The van der Waals surface area contributed by atoms with Crippen molar-refractivity contribution in [3.8, 4) is 0 Å². The molecule has 1 nitrogen and oxygen atoms in total. The number of hydrogen-bond acceptors (Lipinski definition) is 1. The van der Waals surface area contributed by atoms with E-state index in [2.05, 4.69) is 6.92 Å². The number of ketones is 1. The van der Waals surface area contributed by atoms with Crippen LogP contribution in [0.3, 0.4) is 0 Å². The maximum absolute atomic E-state index is 13.1. The molecule has 0 saturated heterocycles. The third kappa shape index (κ3) is 2.37. The van der Waals surface area contributed by atoms with Crippen molar-refractivity contribution in [3.05, 3.63) is 34.6 Å². The van der Waals surface area contributed by atoms with Crippen molar-refractivity contribution in [2.24, 2.45) is 11.8 Å². The molecule has 3 heteroatoms. The Bertz CT molecular complexity index is 403. The van der Waals surface area contributed by atoms with Crippen molar-refractivity contribution in [1.82, 2.24) is 0 Å². The van der Waals surface area contributed by atoms with Crippen molar-refractivity contribution in [2.45, 2.75) is 19.8 Å². The van der Waals surface area contributed by atoms with E-state index in [1.807, 2.05) is 0 Å². The van der Waals surface area contributed by atoms with Gasteiger partial charge in [0, 0.05) is 12.3 Å². The molecule has 1 aliphatic carbocycles. The summed E-state index contributed by atoms with van der Waals surface area (Å²) in [5, 5.41) is 0.103. The smallest absolute Gasteiger partial charge is 0.142 e. The summed E-state index contributed by atoms with van der Waals surface area (Å²) in [6.07, 6.45) is 1.30. The maximum atomic E-state index is 13.1. The number of hydrogen-bond donors (Lipinski definition) is 0. The topological polar surface area (TPSA) is 17.1 Å². The third-order valence-electron chi connectivity index (χ3n) is 2.89. The molecule has 1 saturated carbocycles. The van der Waals surface area contributed by atoms with E-state index in [1.54, 1.807) is 6.07 Å². The van der Waals surface area contributed by atoms with E-state index in [0.717, 1.165) is 6.42 Å². The molecule has 0 amide bonds. The van der Waals surface area contributed by atoms with Crippen LogP contribution in [-0.4, -0.2) is 5.78 Å². The molecule has 0 radical (unpaired) electrons. The predicted molar refractivity (Wildman–Crippen MR) is 57.4 cm³/mol. The number of rotatable bonds is 3. The Kier molecular flexibility index (Phi) is 2.79. The van der Waals surface area contributed by atoms with Crippen LogP contribution in [0, 0.1) is 17.7 Å². The summed E-state index contributed by atoms with van der Waals surface area (Å²) in [7, 11) is 0. The zero-order chi connectivity index (χ0) is 11.0. The summed E-state index contributed by atoms with van der Waals surface area (Å²) < 4.78 is 13.1. The van der Waals surface area contributed by atoms with E-state index < -0.39 is 5.82 Å². The van der Waals surface area contributed by atoms with E-state index in [9.17, 15) is 9.18 Å². The first-order chi connectivity index (χ1) is 7.08. The second-order valence-corrected chi connectivity index (χ2v) is 4.62. The molecule has 1 aliphatic rings. The van der Waals surface area contributed by atoms with Gasteiger partial charge in [0.05, 0.1) is 5.02 Å². The van der Waals surface area contributed by atoms with Crippen molar-refractivity contribution < 1.29 is 9.18 Å². The Balaban J connectivity index is 2.04. The van der Waals surface area contributed by atoms with Gasteiger partial charge in [-0.3, -0.25) is 4.79 Å². The normalized spacial score (nSPS) is 23.9. The largest absolute Gasteiger partial charge is 0.299 e. The molecule has 0 N–H and O–H groups in total. The summed E-state index contributed by atoms with van der Waals surface area (Å²) in [6, 6.07) is 4.54. The summed E-state index contributed by atoms with van der Waals surface area (Å²) >= 11 is 5.56. The fourth-order valence-electron chi connectivity index (χ4n) is 1.75. The van der Waals surface area contributed by atoms with Gasteiger partial charge >= 0.3 is 0 Å². The van der Waals surface area contributed by atoms with E-state index in [1.165, 1.54) is 12.1 Å². The molecule has 2 atom stereocenters. The fraction of sp³-hybridized carbons (Fsp3) is 0.417. The minimum absolute atomic E-state index is 0.103. The molecule has 0 bridgehead atoms. The zero-order valence-electron chi connectivity index (χ0n) is 8.47. The van der Waals surface area contributed by atoms with Crippen LogP contribution < -0.4 is 0 Å². The van der Waals surface area contributed by atoms with Crippen LogP contribution in [0.25, 0.3) is 0 Å². The Hall–Kier alpha value is -0.890. The maximum Gasteiger partial charge on any atom is 0.142 e. The monoisotopic (exact) mass is 226 g/mol. The Morgan fingerprint density at radius 3 is 2.80 bits per heavy atom. The van der Waals surface area contributed by atoms with Crippen molar-refractivity contribution >= 4 is 17.4 Å². The Morgan fingerprint density at radius 2 is 2.27 bits per heavy atom. The van der Waals surface area contributed by atoms with Gasteiger partial charge in [0.25, 0.3) is 0 Å². The lowest BCUT2D eigenvalue weighted by atomic mass is 10.1. The molecule has 1 fully saturated rings. The van der Waals surface area contributed by atoms with Gasteiger partial charge in [0.15, 0.2) is 0 Å². The first kappa shape index (κ1) is 10.6. The lowest BCUT2D eigenvalue weighted by molar-refractivity contribution is -0.119. The summed E-state index contributed by atoms with van der Waals surface area (Å²) in [4.78, 5) is 11.6. The van der Waals surface area contributed by atoms with Crippen LogP contribution in [0.5, 0.6) is 0 Å². The summed E-state index contributed by atoms with van der Waals surface area (Å²) in [5.41, 5.74) is 0.709. The number of carbonyl (C=O) groups is 1. The van der Waals surface area contributed by atoms with E-state index in [-0.39, 0.29) is 16.7 Å². The standard InChI is InChI=1S/C12H12ClFO/c1-7-4-9(7)12(15)6-8-2-3-10(13)11(14)5-8/h2-3,5,7,9H,4,6H2,1H3. The van der Waals surface area contributed by atoms with Gasteiger partial charge in [-0.05, 0) is 30.0 Å².